The lowest BCUT2D eigenvalue weighted by Gasteiger charge is -2.29. The van der Waals surface area contributed by atoms with Gasteiger partial charge in [-0.05, 0) is 30.3 Å². The summed E-state index contributed by atoms with van der Waals surface area (Å²) in [6.45, 7) is 4.19. The Morgan fingerprint density at radius 1 is 1.08 bits per heavy atom. The molecule has 1 aliphatic heterocycles. The fraction of sp³-hybridized carbons (Fsp3) is 0.333. The van der Waals surface area contributed by atoms with Crippen molar-refractivity contribution in [2.24, 2.45) is 0 Å². The summed E-state index contributed by atoms with van der Waals surface area (Å²) in [5.74, 6) is 0.966. The number of fused-ring (bicyclic) bond motifs is 1. The number of benzene rings is 1. The molecule has 0 radical (unpaired) electrons. The maximum absolute atomic E-state index is 12.2. The average molecular weight is 524 g/mol. The van der Waals surface area contributed by atoms with Gasteiger partial charge < -0.3 is 24.8 Å². The maximum atomic E-state index is 12.2. The van der Waals surface area contributed by atoms with Crippen LogP contribution in [0.5, 0.6) is 5.88 Å². The van der Waals surface area contributed by atoms with Crippen molar-refractivity contribution in [2.75, 3.05) is 61.1 Å². The quantitative estimate of drug-likeness (QED) is 0.353. The highest BCUT2D eigenvalue weighted by Gasteiger charge is 2.20. The third-order valence-electron chi connectivity index (χ3n) is 6.23. The Labute approximate surface area is 215 Å². The Morgan fingerprint density at radius 3 is 2.54 bits per heavy atom. The fourth-order valence-electron chi connectivity index (χ4n) is 4.15. The SMILES string of the molecule is COc1cnc(N(C)S(C)(=O)=O)c(Cn2ccc3cnc(Nc4ccc(N5CCNCC5)cc4)nc32)n1. The predicted octanol–water partition coefficient (Wildman–Crippen LogP) is 1.83. The van der Waals surface area contributed by atoms with E-state index in [9.17, 15) is 8.42 Å². The van der Waals surface area contributed by atoms with E-state index < -0.39 is 10.0 Å². The summed E-state index contributed by atoms with van der Waals surface area (Å²) in [5.41, 5.74) is 3.17. The minimum Gasteiger partial charge on any atom is -0.480 e. The minimum atomic E-state index is -3.53. The van der Waals surface area contributed by atoms with E-state index in [0.29, 0.717) is 23.2 Å². The monoisotopic (exact) mass is 523 g/mol. The lowest BCUT2D eigenvalue weighted by atomic mass is 10.2. The number of piperazine rings is 1. The number of hydrogen-bond donors (Lipinski definition) is 2. The van der Waals surface area contributed by atoms with E-state index in [1.807, 2.05) is 29.0 Å². The summed E-state index contributed by atoms with van der Waals surface area (Å²) in [6.07, 6.45) is 6.12. The van der Waals surface area contributed by atoms with Gasteiger partial charge in [-0.1, -0.05) is 0 Å². The van der Waals surface area contributed by atoms with Crippen LogP contribution in [0.15, 0.2) is 48.9 Å². The minimum absolute atomic E-state index is 0.224. The Hall–Kier alpha value is -3.97. The molecule has 1 aliphatic rings. The predicted molar refractivity (Wildman–Crippen MR) is 143 cm³/mol. The molecule has 13 heteroatoms. The lowest BCUT2D eigenvalue weighted by Crippen LogP contribution is -2.43. The van der Waals surface area contributed by atoms with Gasteiger partial charge in [0.05, 0.1) is 26.1 Å². The van der Waals surface area contributed by atoms with Crippen molar-refractivity contribution >= 4 is 44.2 Å². The van der Waals surface area contributed by atoms with Crippen LogP contribution < -0.4 is 24.6 Å². The van der Waals surface area contributed by atoms with Gasteiger partial charge in [-0.3, -0.25) is 4.31 Å². The second kappa shape index (κ2) is 10.2. The molecule has 4 heterocycles. The molecule has 0 unspecified atom stereocenters. The molecule has 37 heavy (non-hydrogen) atoms. The van der Waals surface area contributed by atoms with Gasteiger partial charge in [0.1, 0.15) is 11.3 Å². The second-order valence-corrected chi connectivity index (χ2v) is 10.8. The summed E-state index contributed by atoms with van der Waals surface area (Å²) in [6, 6.07) is 10.1. The van der Waals surface area contributed by atoms with Crippen LogP contribution in [0, 0.1) is 0 Å². The molecule has 0 atom stereocenters. The second-order valence-electron chi connectivity index (χ2n) is 8.74. The van der Waals surface area contributed by atoms with Crippen LogP contribution in [0.25, 0.3) is 11.0 Å². The molecule has 5 rings (SSSR count). The van der Waals surface area contributed by atoms with Crippen molar-refractivity contribution < 1.29 is 13.2 Å². The summed E-state index contributed by atoms with van der Waals surface area (Å²) >= 11 is 0. The Morgan fingerprint density at radius 2 is 1.84 bits per heavy atom. The molecular formula is C24H29N9O3S. The van der Waals surface area contributed by atoms with E-state index in [-0.39, 0.29) is 12.4 Å². The first-order valence-electron chi connectivity index (χ1n) is 11.8. The van der Waals surface area contributed by atoms with Gasteiger partial charge in [0.2, 0.25) is 21.9 Å². The summed E-state index contributed by atoms with van der Waals surface area (Å²) < 4.78 is 32.5. The van der Waals surface area contributed by atoms with Crippen LogP contribution in [0.1, 0.15) is 5.69 Å². The average Bonchev–Trinajstić information content (AvgIpc) is 3.30. The first kappa shape index (κ1) is 24.7. The largest absolute Gasteiger partial charge is 0.480 e. The molecule has 194 valence electrons. The number of methoxy groups -OCH3 is 1. The molecule has 0 aliphatic carbocycles. The van der Waals surface area contributed by atoms with E-state index in [0.717, 1.165) is 47.8 Å². The molecule has 0 amide bonds. The van der Waals surface area contributed by atoms with Crippen molar-refractivity contribution in [3.05, 3.63) is 54.6 Å². The van der Waals surface area contributed by atoms with Gasteiger partial charge in [0.25, 0.3) is 0 Å². The zero-order valence-electron chi connectivity index (χ0n) is 20.9. The Balaban J connectivity index is 1.40. The molecule has 12 nitrogen and oxygen atoms in total. The van der Waals surface area contributed by atoms with Gasteiger partial charge >= 0.3 is 0 Å². The van der Waals surface area contributed by atoms with Crippen LogP contribution in [-0.2, 0) is 16.6 Å². The highest BCUT2D eigenvalue weighted by molar-refractivity contribution is 7.92. The van der Waals surface area contributed by atoms with E-state index >= 15 is 0 Å². The number of aromatic nitrogens is 5. The van der Waals surface area contributed by atoms with Gasteiger partial charge in [0.15, 0.2) is 5.82 Å². The normalized spacial score (nSPS) is 14.1. The van der Waals surface area contributed by atoms with Crippen LogP contribution >= 0.6 is 0 Å². The number of hydrogen-bond acceptors (Lipinski definition) is 10. The first-order chi connectivity index (χ1) is 17.8. The first-order valence-corrected chi connectivity index (χ1v) is 13.6. The van der Waals surface area contributed by atoms with Gasteiger partial charge in [-0.25, -0.2) is 23.4 Å². The molecule has 1 aromatic carbocycles. The maximum Gasteiger partial charge on any atom is 0.233 e. The number of ether oxygens (including phenoxy) is 1. The number of nitrogens with zero attached hydrogens (tertiary/aromatic N) is 7. The number of nitrogens with one attached hydrogen (secondary N) is 2. The molecule has 0 saturated carbocycles. The molecule has 4 aromatic rings. The van der Waals surface area contributed by atoms with Crippen molar-refractivity contribution in [1.29, 1.82) is 0 Å². The van der Waals surface area contributed by atoms with Gasteiger partial charge in [-0.15, -0.1) is 0 Å². The standard InChI is InChI=1S/C24H29N9O3S/c1-31(37(3,34)35)23-20(29-21(36-2)15-26-23)16-33-11-8-17-14-27-24(30-22(17)33)28-18-4-6-19(7-5-18)32-12-9-25-10-13-32/h4-8,11,14-15,25H,9-10,12-13,16H2,1-3H3,(H,27,28,30). The number of rotatable bonds is 8. The number of sulfonamides is 1. The van der Waals surface area contributed by atoms with Crippen molar-refractivity contribution in [3.8, 4) is 5.88 Å². The molecule has 0 spiro atoms. The summed E-state index contributed by atoms with van der Waals surface area (Å²) in [7, 11) is -0.601. The zero-order valence-corrected chi connectivity index (χ0v) is 21.7. The molecule has 0 bridgehead atoms. The zero-order chi connectivity index (χ0) is 26.0. The smallest absolute Gasteiger partial charge is 0.233 e. The third kappa shape index (κ3) is 5.42. The lowest BCUT2D eigenvalue weighted by molar-refractivity contribution is 0.393. The van der Waals surface area contributed by atoms with Crippen LogP contribution in [0.4, 0.5) is 23.1 Å². The molecular weight excluding hydrogens is 494 g/mol. The Kier molecular flexibility index (Phi) is 6.80. The molecule has 2 N–H and O–H groups in total. The molecule has 1 fully saturated rings. The van der Waals surface area contributed by atoms with E-state index in [1.54, 1.807) is 6.20 Å². The Bertz CT molecular complexity index is 1500. The van der Waals surface area contributed by atoms with Crippen LogP contribution in [0.3, 0.4) is 0 Å². The third-order valence-corrected chi connectivity index (χ3v) is 7.40. The topological polar surface area (TPSA) is 130 Å². The molecule has 1 saturated heterocycles. The highest BCUT2D eigenvalue weighted by atomic mass is 32.2. The number of anilines is 4. The summed E-state index contributed by atoms with van der Waals surface area (Å²) in [5, 5.41) is 7.48. The highest BCUT2D eigenvalue weighted by Crippen LogP contribution is 2.24. The van der Waals surface area contributed by atoms with Crippen molar-refractivity contribution in [3.63, 3.8) is 0 Å². The van der Waals surface area contributed by atoms with E-state index in [4.69, 9.17) is 9.72 Å². The van der Waals surface area contributed by atoms with Crippen molar-refractivity contribution in [2.45, 2.75) is 6.54 Å². The fourth-order valence-corrected chi connectivity index (χ4v) is 4.62. The summed E-state index contributed by atoms with van der Waals surface area (Å²) in [4.78, 5) is 20.3. The van der Waals surface area contributed by atoms with Gasteiger partial charge in [0, 0.05) is 62.4 Å². The van der Waals surface area contributed by atoms with Crippen molar-refractivity contribution in [1.82, 2.24) is 29.8 Å². The van der Waals surface area contributed by atoms with Gasteiger partial charge in [-0.2, -0.15) is 4.98 Å². The van der Waals surface area contributed by atoms with Crippen LogP contribution in [-0.4, -0.2) is 79.5 Å². The molecule has 3 aromatic heterocycles. The van der Waals surface area contributed by atoms with E-state index in [2.05, 4.69) is 42.6 Å². The van der Waals surface area contributed by atoms with E-state index in [1.165, 1.54) is 26.0 Å². The van der Waals surface area contributed by atoms with Crippen LogP contribution in [0.2, 0.25) is 0 Å².